The summed E-state index contributed by atoms with van der Waals surface area (Å²) in [6.07, 6.45) is 1.65. The van der Waals surface area contributed by atoms with Crippen molar-refractivity contribution in [3.63, 3.8) is 0 Å². The van der Waals surface area contributed by atoms with Gasteiger partial charge in [-0.2, -0.15) is 0 Å². The van der Waals surface area contributed by atoms with Gasteiger partial charge >= 0.3 is 0 Å². The monoisotopic (exact) mass is 275 g/mol. The molecule has 0 aromatic heterocycles. The van der Waals surface area contributed by atoms with Crippen molar-refractivity contribution in [3.8, 4) is 0 Å². The summed E-state index contributed by atoms with van der Waals surface area (Å²) in [4.78, 5) is 0.338. The third-order valence-corrected chi connectivity index (χ3v) is 4.84. The van der Waals surface area contributed by atoms with Gasteiger partial charge < -0.3 is 5.32 Å². The van der Waals surface area contributed by atoms with Gasteiger partial charge in [0.1, 0.15) is 0 Å². The largest absolute Gasteiger partial charge is 0.384 e. The molecule has 1 aromatic rings. The molecule has 0 bridgehead atoms. The van der Waals surface area contributed by atoms with Crippen molar-refractivity contribution >= 4 is 26.3 Å². The smallest absolute Gasteiger partial charge is 0.178 e. The van der Waals surface area contributed by atoms with E-state index in [2.05, 4.69) is 5.32 Å². The van der Waals surface area contributed by atoms with E-state index < -0.39 is 20.6 Å². The molecule has 0 amide bonds. The first kappa shape index (κ1) is 14.2. The van der Waals surface area contributed by atoms with Crippen molar-refractivity contribution in [2.45, 2.75) is 11.8 Å². The molecule has 6 heteroatoms. The Balaban J connectivity index is 2.66. The standard InChI is InChI=1S/C11H17NO3S2/c1-3-17(14,15)11-6-4-10(5-7-11)12-8-9-16(2)13/h4-7,12H,3,8-9H2,1-2H3. The van der Waals surface area contributed by atoms with Crippen LogP contribution < -0.4 is 5.32 Å². The summed E-state index contributed by atoms with van der Waals surface area (Å²) in [6, 6.07) is 6.62. The summed E-state index contributed by atoms with van der Waals surface area (Å²) >= 11 is 0. The summed E-state index contributed by atoms with van der Waals surface area (Å²) in [5.41, 5.74) is 0.838. The molecule has 0 spiro atoms. The quantitative estimate of drug-likeness (QED) is 0.849. The lowest BCUT2D eigenvalue weighted by Gasteiger charge is -2.06. The third-order valence-electron chi connectivity index (χ3n) is 2.31. The van der Waals surface area contributed by atoms with Gasteiger partial charge in [0.15, 0.2) is 9.84 Å². The van der Waals surface area contributed by atoms with E-state index in [1.54, 1.807) is 37.4 Å². The highest BCUT2D eigenvalue weighted by Gasteiger charge is 2.10. The number of hydrogen-bond donors (Lipinski definition) is 1. The molecule has 0 fully saturated rings. The first-order valence-corrected chi connectivity index (χ1v) is 8.70. The topological polar surface area (TPSA) is 63.2 Å². The summed E-state index contributed by atoms with van der Waals surface area (Å²) in [5.74, 6) is 0.684. The van der Waals surface area contributed by atoms with Gasteiger partial charge in [0.05, 0.1) is 10.6 Å². The number of sulfone groups is 1. The van der Waals surface area contributed by atoms with Gasteiger partial charge in [-0.15, -0.1) is 0 Å². The van der Waals surface area contributed by atoms with Gasteiger partial charge in [-0.3, -0.25) is 4.21 Å². The lowest BCUT2D eigenvalue weighted by Crippen LogP contribution is -2.10. The van der Waals surface area contributed by atoms with Gasteiger partial charge in [0, 0.05) is 35.0 Å². The molecule has 1 aromatic carbocycles. The number of rotatable bonds is 6. The molecule has 0 saturated heterocycles. The van der Waals surface area contributed by atoms with Crippen molar-refractivity contribution in [2.75, 3.05) is 29.6 Å². The maximum absolute atomic E-state index is 11.6. The predicted molar refractivity (Wildman–Crippen MR) is 71.6 cm³/mol. The Labute approximate surface area is 105 Å². The molecule has 0 radical (unpaired) electrons. The molecule has 4 nitrogen and oxygen atoms in total. The number of nitrogens with one attached hydrogen (secondary N) is 1. The predicted octanol–water partition coefficient (Wildman–Crippen LogP) is 1.27. The van der Waals surface area contributed by atoms with Crippen LogP contribution in [-0.2, 0) is 20.6 Å². The first-order chi connectivity index (χ1) is 7.95. The van der Waals surface area contributed by atoms with Crippen LogP contribution in [0.25, 0.3) is 0 Å². The van der Waals surface area contributed by atoms with Gasteiger partial charge in [-0.25, -0.2) is 8.42 Å². The Bertz CT molecular complexity index is 480. The average Bonchev–Trinajstić information content (AvgIpc) is 2.29. The Hall–Kier alpha value is -0.880. The molecule has 1 unspecified atom stereocenters. The Morgan fingerprint density at radius 1 is 1.24 bits per heavy atom. The molecule has 0 aliphatic carbocycles. The molecule has 0 heterocycles. The highest BCUT2D eigenvalue weighted by atomic mass is 32.2. The fourth-order valence-electron chi connectivity index (χ4n) is 1.29. The van der Waals surface area contributed by atoms with Crippen LogP contribution in [0.1, 0.15) is 6.92 Å². The maximum Gasteiger partial charge on any atom is 0.178 e. The molecule has 1 N–H and O–H groups in total. The van der Waals surface area contributed by atoms with Gasteiger partial charge in [0.25, 0.3) is 0 Å². The van der Waals surface area contributed by atoms with Crippen molar-refractivity contribution in [3.05, 3.63) is 24.3 Å². The van der Waals surface area contributed by atoms with E-state index in [-0.39, 0.29) is 5.75 Å². The number of benzene rings is 1. The van der Waals surface area contributed by atoms with Crippen molar-refractivity contribution in [2.24, 2.45) is 0 Å². The van der Waals surface area contributed by atoms with Crippen molar-refractivity contribution in [1.29, 1.82) is 0 Å². The van der Waals surface area contributed by atoms with E-state index in [0.717, 1.165) is 5.69 Å². The Morgan fingerprint density at radius 3 is 2.29 bits per heavy atom. The maximum atomic E-state index is 11.6. The third kappa shape index (κ3) is 4.47. The van der Waals surface area contributed by atoms with Crippen LogP contribution in [0, 0.1) is 0 Å². The molecule has 0 aliphatic rings. The van der Waals surface area contributed by atoms with Gasteiger partial charge in [0.2, 0.25) is 0 Å². The fraction of sp³-hybridized carbons (Fsp3) is 0.455. The number of anilines is 1. The lowest BCUT2D eigenvalue weighted by atomic mass is 10.3. The Morgan fingerprint density at radius 2 is 1.82 bits per heavy atom. The molecule has 17 heavy (non-hydrogen) atoms. The number of hydrogen-bond acceptors (Lipinski definition) is 4. The molecule has 1 rings (SSSR count). The second-order valence-electron chi connectivity index (χ2n) is 3.63. The van der Waals surface area contributed by atoms with Crippen LogP contribution in [0.3, 0.4) is 0 Å². The minimum absolute atomic E-state index is 0.106. The van der Waals surface area contributed by atoms with Crippen LogP contribution in [0.4, 0.5) is 5.69 Å². The molecule has 0 saturated carbocycles. The molecular weight excluding hydrogens is 258 g/mol. The second kappa shape index (κ2) is 6.16. The van der Waals surface area contributed by atoms with Crippen molar-refractivity contribution in [1.82, 2.24) is 0 Å². The van der Waals surface area contributed by atoms with Crippen LogP contribution in [0.5, 0.6) is 0 Å². The van der Waals surface area contributed by atoms with E-state index in [1.807, 2.05) is 0 Å². The van der Waals surface area contributed by atoms with E-state index in [4.69, 9.17) is 0 Å². The lowest BCUT2D eigenvalue weighted by molar-refractivity contribution is 0.597. The summed E-state index contributed by atoms with van der Waals surface area (Å²) < 4.78 is 34.0. The molecule has 96 valence electrons. The fourth-order valence-corrected chi connectivity index (χ4v) is 2.56. The van der Waals surface area contributed by atoms with E-state index in [9.17, 15) is 12.6 Å². The molecule has 1 atom stereocenters. The summed E-state index contributed by atoms with van der Waals surface area (Å²) in [7, 11) is -3.94. The first-order valence-electron chi connectivity index (χ1n) is 5.32. The zero-order valence-corrected chi connectivity index (χ0v) is 11.6. The summed E-state index contributed by atoms with van der Waals surface area (Å²) in [6.45, 7) is 2.24. The minimum atomic E-state index is -3.13. The minimum Gasteiger partial charge on any atom is -0.384 e. The molecule has 0 aliphatic heterocycles. The normalized spacial score (nSPS) is 13.3. The van der Waals surface area contributed by atoms with Crippen LogP contribution in [-0.4, -0.2) is 36.9 Å². The van der Waals surface area contributed by atoms with Crippen LogP contribution >= 0.6 is 0 Å². The van der Waals surface area contributed by atoms with Gasteiger partial charge in [-0.1, -0.05) is 6.92 Å². The van der Waals surface area contributed by atoms with Crippen LogP contribution in [0.2, 0.25) is 0 Å². The Kier molecular flexibility index (Phi) is 5.14. The van der Waals surface area contributed by atoms with E-state index >= 15 is 0 Å². The SMILES string of the molecule is CCS(=O)(=O)c1ccc(NCCS(C)=O)cc1. The van der Waals surface area contributed by atoms with Crippen molar-refractivity contribution < 1.29 is 12.6 Å². The zero-order valence-electron chi connectivity index (χ0n) is 9.97. The van der Waals surface area contributed by atoms with Gasteiger partial charge in [-0.05, 0) is 24.3 Å². The second-order valence-corrected chi connectivity index (χ2v) is 7.46. The highest BCUT2D eigenvalue weighted by Crippen LogP contribution is 2.14. The molecular formula is C11H17NO3S2. The van der Waals surface area contributed by atoms with E-state index in [0.29, 0.717) is 17.2 Å². The highest BCUT2D eigenvalue weighted by molar-refractivity contribution is 7.91. The van der Waals surface area contributed by atoms with Crippen LogP contribution in [0.15, 0.2) is 29.2 Å². The van der Waals surface area contributed by atoms with E-state index in [1.165, 1.54) is 0 Å². The summed E-state index contributed by atoms with van der Waals surface area (Å²) in [5, 5.41) is 3.08. The zero-order chi connectivity index (χ0) is 12.9. The average molecular weight is 275 g/mol.